The Balaban J connectivity index is 2.01. The molecule has 8 heteroatoms. The number of thioether (sulfide) groups is 1. The van der Waals surface area contributed by atoms with Gasteiger partial charge in [0.1, 0.15) is 11.0 Å². The topological polar surface area (TPSA) is 111 Å². The van der Waals surface area contributed by atoms with Crippen LogP contribution in [-0.2, 0) is 9.59 Å². The maximum Gasteiger partial charge on any atom is 0.305 e. The number of amides is 1. The van der Waals surface area contributed by atoms with Gasteiger partial charge in [-0.15, -0.1) is 5.10 Å². The van der Waals surface area contributed by atoms with Gasteiger partial charge >= 0.3 is 5.97 Å². The lowest BCUT2D eigenvalue weighted by molar-refractivity contribution is -0.138. The zero-order valence-electron chi connectivity index (χ0n) is 10.2. The van der Waals surface area contributed by atoms with Crippen molar-refractivity contribution in [1.29, 1.82) is 0 Å². The van der Waals surface area contributed by atoms with Gasteiger partial charge in [-0.1, -0.05) is 23.9 Å². The Kier molecular flexibility index (Phi) is 4.36. The lowest BCUT2D eigenvalue weighted by atomic mass is 10.2. The fourth-order valence-corrected chi connectivity index (χ4v) is 2.40. The van der Waals surface area contributed by atoms with Crippen LogP contribution in [-0.4, -0.2) is 38.7 Å². The first-order valence-electron chi connectivity index (χ1n) is 5.64. The Labute approximate surface area is 118 Å². The van der Waals surface area contributed by atoms with Crippen molar-refractivity contribution in [2.45, 2.75) is 11.7 Å². The monoisotopic (exact) mass is 293 g/mol. The summed E-state index contributed by atoms with van der Waals surface area (Å²) in [5.41, 5.74) is 0.494. The highest BCUT2D eigenvalue weighted by atomic mass is 32.2. The van der Waals surface area contributed by atoms with Gasteiger partial charge in [0.15, 0.2) is 5.17 Å². The Hall–Kier alpha value is -2.35. The summed E-state index contributed by atoms with van der Waals surface area (Å²) in [6.07, 6.45) is 1.08. The van der Waals surface area contributed by atoms with Crippen molar-refractivity contribution in [3.63, 3.8) is 0 Å². The quantitative estimate of drug-likeness (QED) is 0.561. The number of amidine groups is 1. The molecule has 1 aliphatic rings. The van der Waals surface area contributed by atoms with E-state index in [2.05, 4.69) is 15.5 Å². The molecule has 3 N–H and O–H groups in total. The maximum absolute atomic E-state index is 11.4. The van der Waals surface area contributed by atoms with Crippen LogP contribution in [0.5, 0.6) is 5.75 Å². The van der Waals surface area contributed by atoms with Gasteiger partial charge in [0.2, 0.25) is 5.91 Å². The summed E-state index contributed by atoms with van der Waals surface area (Å²) in [5.74, 6) is -1.37. The van der Waals surface area contributed by atoms with Crippen molar-refractivity contribution in [3.8, 4) is 5.75 Å². The van der Waals surface area contributed by atoms with E-state index in [-0.39, 0.29) is 17.3 Å². The van der Waals surface area contributed by atoms with Gasteiger partial charge in [-0.3, -0.25) is 9.59 Å². The van der Waals surface area contributed by atoms with E-state index in [0.29, 0.717) is 5.56 Å². The molecule has 1 atom stereocenters. The molecule has 104 valence electrons. The molecule has 0 aromatic heterocycles. The molecule has 1 aromatic carbocycles. The van der Waals surface area contributed by atoms with E-state index in [1.165, 1.54) is 12.3 Å². The van der Waals surface area contributed by atoms with Gasteiger partial charge in [-0.2, -0.15) is 5.10 Å². The van der Waals surface area contributed by atoms with Crippen molar-refractivity contribution < 1.29 is 19.8 Å². The average molecular weight is 293 g/mol. The minimum absolute atomic E-state index is 0.0725. The number of rotatable bonds is 4. The van der Waals surface area contributed by atoms with E-state index >= 15 is 0 Å². The molecule has 0 saturated carbocycles. The largest absolute Gasteiger partial charge is 0.507 e. The zero-order chi connectivity index (χ0) is 14.5. The van der Waals surface area contributed by atoms with Crippen LogP contribution >= 0.6 is 11.8 Å². The number of para-hydroxylation sites is 1. The summed E-state index contributed by atoms with van der Waals surface area (Å²) in [5, 5.41) is 27.7. The summed E-state index contributed by atoms with van der Waals surface area (Å²) in [6.45, 7) is 0. The van der Waals surface area contributed by atoms with E-state index < -0.39 is 17.1 Å². The maximum atomic E-state index is 11.4. The number of carboxylic acids is 1. The van der Waals surface area contributed by atoms with Crippen molar-refractivity contribution in [1.82, 2.24) is 5.32 Å². The second kappa shape index (κ2) is 6.20. The Morgan fingerprint density at radius 3 is 2.90 bits per heavy atom. The molecule has 0 aliphatic carbocycles. The molecule has 1 amide bonds. The predicted octanol–water partition coefficient (Wildman–Crippen LogP) is 0.788. The highest BCUT2D eigenvalue weighted by Gasteiger charge is 2.32. The van der Waals surface area contributed by atoms with Crippen LogP contribution < -0.4 is 5.32 Å². The van der Waals surface area contributed by atoms with E-state index in [0.717, 1.165) is 11.8 Å². The average Bonchev–Trinajstić information content (AvgIpc) is 2.72. The predicted molar refractivity (Wildman–Crippen MR) is 74.9 cm³/mol. The van der Waals surface area contributed by atoms with Crippen LogP contribution in [0.15, 0.2) is 34.5 Å². The number of aromatic hydroxyl groups is 1. The third-order valence-corrected chi connectivity index (χ3v) is 3.49. The third kappa shape index (κ3) is 3.58. The van der Waals surface area contributed by atoms with E-state index in [4.69, 9.17) is 5.11 Å². The summed E-state index contributed by atoms with van der Waals surface area (Å²) >= 11 is 1.02. The number of hydrogen-bond acceptors (Lipinski definition) is 6. The number of carboxylic acid groups (broad SMARTS) is 1. The van der Waals surface area contributed by atoms with Gasteiger partial charge in [0.25, 0.3) is 0 Å². The molecule has 2 rings (SSSR count). The van der Waals surface area contributed by atoms with Crippen molar-refractivity contribution in [3.05, 3.63) is 29.8 Å². The van der Waals surface area contributed by atoms with Crippen molar-refractivity contribution in [2.24, 2.45) is 10.2 Å². The molecule has 0 spiro atoms. The van der Waals surface area contributed by atoms with Gasteiger partial charge in [0, 0.05) is 5.56 Å². The van der Waals surface area contributed by atoms with Gasteiger partial charge < -0.3 is 15.5 Å². The van der Waals surface area contributed by atoms with E-state index in [9.17, 15) is 14.7 Å². The summed E-state index contributed by atoms with van der Waals surface area (Å²) in [6, 6.07) is 6.60. The number of nitrogens with one attached hydrogen (secondary N) is 1. The number of benzene rings is 1. The zero-order valence-corrected chi connectivity index (χ0v) is 11.0. The van der Waals surface area contributed by atoms with Crippen molar-refractivity contribution >= 4 is 35.0 Å². The first kappa shape index (κ1) is 14.1. The second-order valence-corrected chi connectivity index (χ2v) is 5.09. The van der Waals surface area contributed by atoms with E-state index in [1.807, 2.05) is 0 Å². The number of carbonyl (C=O) groups is 2. The van der Waals surface area contributed by atoms with Crippen LogP contribution in [0.3, 0.4) is 0 Å². The van der Waals surface area contributed by atoms with Crippen molar-refractivity contribution in [2.75, 3.05) is 0 Å². The van der Waals surface area contributed by atoms with E-state index in [1.54, 1.807) is 18.2 Å². The molecule has 0 radical (unpaired) electrons. The highest BCUT2D eigenvalue weighted by Crippen LogP contribution is 2.22. The van der Waals surface area contributed by atoms with Gasteiger partial charge in [-0.25, -0.2) is 0 Å². The third-order valence-electron chi connectivity index (χ3n) is 2.42. The lowest BCUT2D eigenvalue weighted by Crippen LogP contribution is -2.26. The number of nitrogens with zero attached hydrogens (tertiary/aromatic N) is 2. The molecule has 1 heterocycles. The SMILES string of the molecule is O=C(O)C[C@@H]1S/C(=N\N=C\c2ccccc2O)NC1=O. The molecule has 1 aromatic rings. The van der Waals surface area contributed by atoms with Crippen LogP contribution in [0.4, 0.5) is 0 Å². The highest BCUT2D eigenvalue weighted by molar-refractivity contribution is 8.15. The molecule has 20 heavy (non-hydrogen) atoms. The van der Waals surface area contributed by atoms with Crippen LogP contribution in [0.25, 0.3) is 0 Å². The molecule has 0 bridgehead atoms. The standard InChI is InChI=1S/C12H11N3O4S/c16-8-4-2-1-3-7(8)6-13-15-12-14-11(19)9(20-12)5-10(17)18/h1-4,6,9,16H,5H2,(H,17,18)(H,14,15,19)/b13-6+/t9-/m0/s1. The Morgan fingerprint density at radius 1 is 1.45 bits per heavy atom. The molecule has 1 aliphatic heterocycles. The molecule has 1 saturated heterocycles. The molecule has 7 nitrogen and oxygen atoms in total. The van der Waals surface area contributed by atoms with Crippen LogP contribution in [0.2, 0.25) is 0 Å². The lowest BCUT2D eigenvalue weighted by Gasteiger charge is -1.97. The van der Waals surface area contributed by atoms with Crippen LogP contribution in [0, 0.1) is 0 Å². The number of phenols is 1. The first-order valence-corrected chi connectivity index (χ1v) is 6.52. The fraction of sp³-hybridized carbons (Fsp3) is 0.167. The molecule has 0 unspecified atom stereocenters. The van der Waals surface area contributed by atoms with Crippen LogP contribution in [0.1, 0.15) is 12.0 Å². The summed E-state index contributed by atoms with van der Waals surface area (Å²) < 4.78 is 0. The number of carbonyl (C=O) groups excluding carboxylic acids is 1. The Morgan fingerprint density at radius 2 is 2.20 bits per heavy atom. The number of phenolic OH excluding ortho intramolecular Hbond substituents is 1. The smallest absolute Gasteiger partial charge is 0.305 e. The molecule has 1 fully saturated rings. The minimum atomic E-state index is -1.04. The number of hydrogen-bond donors (Lipinski definition) is 3. The number of aliphatic carboxylic acids is 1. The summed E-state index contributed by atoms with van der Waals surface area (Å²) in [4.78, 5) is 22.0. The Bertz CT molecular complexity index is 600. The minimum Gasteiger partial charge on any atom is -0.507 e. The molecular formula is C12H11N3O4S. The summed E-state index contributed by atoms with van der Waals surface area (Å²) in [7, 11) is 0. The fourth-order valence-electron chi connectivity index (χ4n) is 1.49. The molecular weight excluding hydrogens is 282 g/mol. The second-order valence-electron chi connectivity index (χ2n) is 3.90. The van der Waals surface area contributed by atoms with Gasteiger partial charge in [0.05, 0.1) is 12.6 Å². The normalized spacial score (nSPS) is 20.5. The first-order chi connectivity index (χ1) is 9.56. The van der Waals surface area contributed by atoms with Gasteiger partial charge in [-0.05, 0) is 12.1 Å².